The van der Waals surface area contributed by atoms with E-state index in [-0.39, 0.29) is 0 Å². The van der Waals surface area contributed by atoms with Crippen LogP contribution in [0.25, 0.3) is 0 Å². The van der Waals surface area contributed by atoms with Gasteiger partial charge in [0.05, 0.1) is 11.3 Å². The molecular formula is C14H25N5S. The highest BCUT2D eigenvalue weighted by Crippen LogP contribution is 2.20. The molecule has 0 amide bonds. The Kier molecular flexibility index (Phi) is 6.81. The standard InChI is InChI=1S/C14H25N5S/c1-5-10-11(6-2)17-18-14(12(10)13(15)20)16-8-7-9-19(3)4/h5-9H2,1-4H3,(H2,15,20)(H,16,18). The molecule has 0 spiro atoms. The van der Waals surface area contributed by atoms with Gasteiger partial charge in [-0.3, -0.25) is 0 Å². The third-order valence-corrected chi connectivity index (χ3v) is 3.37. The first-order valence-corrected chi connectivity index (χ1v) is 7.48. The molecule has 0 fully saturated rings. The number of anilines is 1. The molecule has 3 N–H and O–H groups in total. The number of nitrogens with one attached hydrogen (secondary N) is 1. The molecule has 0 bridgehead atoms. The summed E-state index contributed by atoms with van der Waals surface area (Å²) in [6, 6.07) is 0. The molecule has 0 aliphatic rings. The lowest BCUT2D eigenvalue weighted by molar-refractivity contribution is 0.405. The van der Waals surface area contributed by atoms with E-state index in [4.69, 9.17) is 18.0 Å². The number of nitrogens with zero attached hydrogens (tertiary/aromatic N) is 3. The van der Waals surface area contributed by atoms with Crippen LogP contribution in [0.4, 0.5) is 5.82 Å². The number of nitrogens with two attached hydrogens (primary N) is 1. The van der Waals surface area contributed by atoms with Crippen molar-refractivity contribution in [1.82, 2.24) is 15.1 Å². The van der Waals surface area contributed by atoms with Crippen LogP contribution in [0.15, 0.2) is 0 Å². The zero-order chi connectivity index (χ0) is 15.1. The average molecular weight is 295 g/mol. The first-order chi connectivity index (χ1) is 9.51. The van der Waals surface area contributed by atoms with Crippen LogP contribution < -0.4 is 11.1 Å². The van der Waals surface area contributed by atoms with E-state index in [1.165, 1.54) is 0 Å². The number of rotatable bonds is 8. The molecule has 1 heterocycles. The molecule has 0 aromatic carbocycles. The monoisotopic (exact) mass is 295 g/mol. The molecule has 0 saturated carbocycles. The largest absolute Gasteiger partial charge is 0.389 e. The van der Waals surface area contributed by atoms with Gasteiger partial charge in [-0.25, -0.2) is 0 Å². The highest BCUT2D eigenvalue weighted by molar-refractivity contribution is 7.80. The summed E-state index contributed by atoms with van der Waals surface area (Å²) in [5.41, 5.74) is 8.84. The van der Waals surface area contributed by atoms with Crippen molar-refractivity contribution < 1.29 is 0 Å². The summed E-state index contributed by atoms with van der Waals surface area (Å²) < 4.78 is 0. The normalized spacial score (nSPS) is 10.8. The molecule has 0 aliphatic heterocycles. The third-order valence-electron chi connectivity index (χ3n) is 3.17. The van der Waals surface area contributed by atoms with Crippen LogP contribution in [0.3, 0.4) is 0 Å². The van der Waals surface area contributed by atoms with Crippen LogP contribution >= 0.6 is 12.2 Å². The van der Waals surface area contributed by atoms with Crippen LogP contribution in [0.5, 0.6) is 0 Å². The summed E-state index contributed by atoms with van der Waals surface area (Å²) in [5, 5.41) is 11.8. The van der Waals surface area contributed by atoms with Crippen molar-refractivity contribution in [3.8, 4) is 0 Å². The summed E-state index contributed by atoms with van der Waals surface area (Å²) in [4.78, 5) is 2.54. The van der Waals surface area contributed by atoms with Gasteiger partial charge >= 0.3 is 0 Å². The van der Waals surface area contributed by atoms with Gasteiger partial charge in [-0.15, -0.1) is 5.10 Å². The first-order valence-electron chi connectivity index (χ1n) is 7.08. The van der Waals surface area contributed by atoms with Crippen LogP contribution in [0.1, 0.15) is 37.1 Å². The van der Waals surface area contributed by atoms with E-state index < -0.39 is 0 Å². The van der Waals surface area contributed by atoms with Crippen LogP contribution in [0.2, 0.25) is 0 Å². The molecule has 0 atom stereocenters. The molecule has 6 heteroatoms. The average Bonchev–Trinajstić information content (AvgIpc) is 2.41. The SMILES string of the molecule is CCc1nnc(NCCCN(C)C)c(C(N)=S)c1CC. The lowest BCUT2D eigenvalue weighted by Crippen LogP contribution is -2.21. The number of thiocarbonyl (C=S) groups is 1. The van der Waals surface area contributed by atoms with Gasteiger partial charge in [0.1, 0.15) is 4.99 Å². The Morgan fingerprint density at radius 3 is 2.45 bits per heavy atom. The molecule has 0 unspecified atom stereocenters. The summed E-state index contributed by atoms with van der Waals surface area (Å²) >= 11 is 5.19. The minimum atomic E-state index is 0.390. The van der Waals surface area contributed by atoms with Gasteiger partial charge in [0.2, 0.25) is 0 Å². The highest BCUT2D eigenvalue weighted by Gasteiger charge is 2.16. The third kappa shape index (κ3) is 4.38. The minimum absolute atomic E-state index is 0.390. The van der Waals surface area contributed by atoms with Gasteiger partial charge in [0.15, 0.2) is 5.82 Å². The zero-order valence-electron chi connectivity index (χ0n) is 12.9. The fraction of sp³-hybridized carbons (Fsp3) is 0.643. The van der Waals surface area contributed by atoms with Crippen molar-refractivity contribution in [3.05, 3.63) is 16.8 Å². The zero-order valence-corrected chi connectivity index (χ0v) is 13.7. The second-order valence-electron chi connectivity index (χ2n) is 5.00. The molecule has 0 aliphatic carbocycles. The van der Waals surface area contributed by atoms with Crippen molar-refractivity contribution >= 4 is 23.0 Å². The Morgan fingerprint density at radius 1 is 1.25 bits per heavy atom. The van der Waals surface area contributed by atoms with Crippen molar-refractivity contribution in [2.75, 3.05) is 32.5 Å². The number of hydrogen-bond acceptors (Lipinski definition) is 5. The number of aryl methyl sites for hydroxylation is 1. The van der Waals surface area contributed by atoms with E-state index in [0.717, 1.165) is 49.2 Å². The quantitative estimate of drug-likeness (QED) is 0.561. The van der Waals surface area contributed by atoms with Crippen molar-refractivity contribution in [2.45, 2.75) is 33.1 Å². The highest BCUT2D eigenvalue weighted by atomic mass is 32.1. The maximum Gasteiger partial charge on any atom is 0.159 e. The molecule has 20 heavy (non-hydrogen) atoms. The molecule has 112 valence electrons. The van der Waals surface area contributed by atoms with Crippen LogP contribution in [0, 0.1) is 0 Å². The Hall–Kier alpha value is -1.27. The Labute approximate surface area is 126 Å². The van der Waals surface area contributed by atoms with Gasteiger partial charge in [0, 0.05) is 6.54 Å². The van der Waals surface area contributed by atoms with E-state index >= 15 is 0 Å². The summed E-state index contributed by atoms with van der Waals surface area (Å²) in [6.07, 6.45) is 2.73. The maximum absolute atomic E-state index is 5.88. The van der Waals surface area contributed by atoms with Gasteiger partial charge in [-0.1, -0.05) is 26.1 Å². The van der Waals surface area contributed by atoms with Crippen molar-refractivity contribution in [3.63, 3.8) is 0 Å². The smallest absolute Gasteiger partial charge is 0.159 e. The Morgan fingerprint density at radius 2 is 1.95 bits per heavy atom. The van der Waals surface area contributed by atoms with Crippen molar-refractivity contribution in [2.24, 2.45) is 5.73 Å². The van der Waals surface area contributed by atoms with E-state index in [1.54, 1.807) is 0 Å². The molecule has 1 aromatic rings. The summed E-state index contributed by atoms with van der Waals surface area (Å²) in [6.45, 7) is 6.01. The summed E-state index contributed by atoms with van der Waals surface area (Å²) in [7, 11) is 4.12. The van der Waals surface area contributed by atoms with Crippen LogP contribution in [-0.4, -0.2) is 47.3 Å². The minimum Gasteiger partial charge on any atom is -0.389 e. The fourth-order valence-corrected chi connectivity index (χ4v) is 2.38. The number of aromatic nitrogens is 2. The van der Waals surface area contributed by atoms with Gasteiger partial charge in [0.25, 0.3) is 0 Å². The topological polar surface area (TPSA) is 67.1 Å². The molecule has 5 nitrogen and oxygen atoms in total. The first kappa shape index (κ1) is 16.8. The lowest BCUT2D eigenvalue weighted by atomic mass is 10.0. The van der Waals surface area contributed by atoms with Crippen LogP contribution in [-0.2, 0) is 12.8 Å². The molecule has 1 rings (SSSR count). The van der Waals surface area contributed by atoms with E-state index in [0.29, 0.717) is 10.8 Å². The van der Waals surface area contributed by atoms with Gasteiger partial charge in [-0.2, -0.15) is 5.10 Å². The Bertz CT molecular complexity index is 459. The van der Waals surface area contributed by atoms with E-state index in [2.05, 4.69) is 48.4 Å². The van der Waals surface area contributed by atoms with E-state index in [1.807, 2.05) is 0 Å². The molecular weight excluding hydrogens is 270 g/mol. The predicted octanol–water partition coefficient (Wildman–Crippen LogP) is 1.60. The lowest BCUT2D eigenvalue weighted by Gasteiger charge is -2.16. The summed E-state index contributed by atoms with van der Waals surface area (Å²) in [5.74, 6) is 0.713. The second kappa shape index (κ2) is 8.11. The van der Waals surface area contributed by atoms with Gasteiger partial charge in [-0.05, 0) is 45.5 Å². The Balaban J connectivity index is 2.92. The van der Waals surface area contributed by atoms with Crippen molar-refractivity contribution in [1.29, 1.82) is 0 Å². The van der Waals surface area contributed by atoms with E-state index in [9.17, 15) is 0 Å². The van der Waals surface area contributed by atoms with Gasteiger partial charge < -0.3 is 16.0 Å². The molecule has 0 saturated heterocycles. The second-order valence-corrected chi connectivity index (χ2v) is 5.44. The fourth-order valence-electron chi connectivity index (χ4n) is 2.16. The molecule has 0 radical (unpaired) electrons. The predicted molar refractivity (Wildman–Crippen MR) is 88.3 cm³/mol. The number of hydrogen-bond donors (Lipinski definition) is 2. The molecule has 1 aromatic heterocycles. The maximum atomic E-state index is 5.88.